The van der Waals surface area contributed by atoms with Gasteiger partial charge in [-0.3, -0.25) is 9.36 Å². The van der Waals surface area contributed by atoms with Gasteiger partial charge in [-0.15, -0.1) is 0 Å². The molecular formula is C38H33N3O4S. The Morgan fingerprint density at radius 1 is 0.935 bits per heavy atom. The summed E-state index contributed by atoms with van der Waals surface area (Å²) in [5.41, 5.74) is 4.70. The average molecular weight is 628 g/mol. The first-order valence-corrected chi connectivity index (χ1v) is 16.2. The van der Waals surface area contributed by atoms with E-state index in [2.05, 4.69) is 65.4 Å². The molecule has 0 aliphatic carbocycles. The molecule has 46 heavy (non-hydrogen) atoms. The monoisotopic (exact) mass is 627 g/mol. The molecule has 230 valence electrons. The summed E-state index contributed by atoms with van der Waals surface area (Å²) < 4.78 is 15.5. The van der Waals surface area contributed by atoms with Crippen LogP contribution in [0.1, 0.15) is 43.5 Å². The van der Waals surface area contributed by atoms with E-state index in [0.717, 1.165) is 27.8 Å². The lowest BCUT2D eigenvalue weighted by molar-refractivity contribution is -0.139. The van der Waals surface area contributed by atoms with Gasteiger partial charge in [0.15, 0.2) is 4.80 Å². The Bertz CT molecular complexity index is 2330. The highest BCUT2D eigenvalue weighted by atomic mass is 32.1. The average Bonchev–Trinajstić information content (AvgIpc) is 3.56. The highest BCUT2D eigenvalue weighted by molar-refractivity contribution is 7.07. The molecule has 2 aromatic heterocycles. The Morgan fingerprint density at radius 3 is 2.48 bits per heavy atom. The van der Waals surface area contributed by atoms with Crippen molar-refractivity contribution in [2.45, 2.75) is 33.4 Å². The topological polar surface area (TPSA) is 74.8 Å². The van der Waals surface area contributed by atoms with Gasteiger partial charge < -0.3 is 14.0 Å². The van der Waals surface area contributed by atoms with Gasteiger partial charge in [0.1, 0.15) is 5.75 Å². The van der Waals surface area contributed by atoms with Crippen molar-refractivity contribution >= 4 is 45.1 Å². The van der Waals surface area contributed by atoms with Crippen LogP contribution in [0, 0.1) is 0 Å². The summed E-state index contributed by atoms with van der Waals surface area (Å²) >= 11 is 1.33. The van der Waals surface area contributed by atoms with Crippen molar-refractivity contribution in [2.75, 3.05) is 13.2 Å². The molecule has 0 unspecified atom stereocenters. The third-order valence-corrected chi connectivity index (χ3v) is 9.28. The van der Waals surface area contributed by atoms with Gasteiger partial charge in [0.05, 0.1) is 35.1 Å². The second-order valence-corrected chi connectivity index (χ2v) is 12.2. The lowest BCUT2D eigenvalue weighted by Crippen LogP contribution is -2.39. The molecule has 1 atom stereocenters. The molecule has 7 rings (SSSR count). The van der Waals surface area contributed by atoms with Crippen molar-refractivity contribution < 1.29 is 14.3 Å². The molecule has 4 aromatic carbocycles. The molecule has 0 bridgehead atoms. The normalized spacial score (nSPS) is 14.8. The minimum Gasteiger partial charge on any atom is -0.494 e. The van der Waals surface area contributed by atoms with Crippen molar-refractivity contribution in [1.29, 1.82) is 0 Å². The maximum absolute atomic E-state index is 14.2. The van der Waals surface area contributed by atoms with Crippen LogP contribution < -0.4 is 19.6 Å². The Morgan fingerprint density at radius 2 is 1.70 bits per heavy atom. The zero-order valence-corrected chi connectivity index (χ0v) is 26.7. The Labute approximate surface area is 270 Å². The van der Waals surface area contributed by atoms with E-state index >= 15 is 0 Å². The van der Waals surface area contributed by atoms with Gasteiger partial charge in [-0.2, -0.15) is 0 Å². The molecule has 0 amide bonds. The van der Waals surface area contributed by atoms with Crippen molar-refractivity contribution in [3.8, 4) is 5.75 Å². The Balaban J connectivity index is 1.34. The second kappa shape index (κ2) is 12.3. The van der Waals surface area contributed by atoms with Gasteiger partial charge >= 0.3 is 5.97 Å². The van der Waals surface area contributed by atoms with E-state index in [1.54, 1.807) is 18.4 Å². The first-order valence-electron chi connectivity index (χ1n) is 15.4. The SMILES string of the molecule is CCOC(=O)C1=C(C)N=c2s/c(=C/c3cn(Cc4ccc5ccccc5c4)c4ccccc34)c(=O)n2[C@H]1c1ccc(OCC)cc1. The maximum Gasteiger partial charge on any atom is 0.338 e. The highest BCUT2D eigenvalue weighted by Gasteiger charge is 2.33. The summed E-state index contributed by atoms with van der Waals surface area (Å²) in [5, 5.41) is 3.47. The van der Waals surface area contributed by atoms with Crippen LogP contribution in [0.3, 0.4) is 0 Å². The van der Waals surface area contributed by atoms with Crippen molar-refractivity contribution in [3.63, 3.8) is 0 Å². The molecule has 0 radical (unpaired) electrons. The fraction of sp³-hybridized carbons (Fsp3) is 0.184. The quantitative estimate of drug-likeness (QED) is 0.184. The Kier molecular flexibility index (Phi) is 7.88. The molecule has 8 heteroatoms. The standard InChI is InChI=1S/C38H33N3O4S/c1-4-44-30-18-16-27(17-19-30)35-34(37(43)45-5-2)24(3)39-38-41(35)36(42)33(46-38)21-29-23-40(32-13-9-8-12-31(29)32)22-25-14-15-26-10-6-7-11-28(26)20-25/h6-21,23,35H,4-5,22H2,1-3H3/b33-21+/t35-/m0/s1. The van der Waals surface area contributed by atoms with Crippen LogP contribution in [0.2, 0.25) is 0 Å². The van der Waals surface area contributed by atoms with E-state index in [-0.39, 0.29) is 12.2 Å². The second-order valence-electron chi connectivity index (χ2n) is 11.2. The number of esters is 1. The highest BCUT2D eigenvalue weighted by Crippen LogP contribution is 2.32. The zero-order valence-electron chi connectivity index (χ0n) is 25.9. The van der Waals surface area contributed by atoms with Crippen LogP contribution in [0.15, 0.2) is 118 Å². The van der Waals surface area contributed by atoms with Crippen molar-refractivity contribution in [3.05, 3.63) is 145 Å². The smallest absolute Gasteiger partial charge is 0.338 e. The number of rotatable bonds is 8. The van der Waals surface area contributed by atoms with E-state index in [4.69, 9.17) is 14.5 Å². The van der Waals surface area contributed by atoms with Crippen LogP contribution in [0.4, 0.5) is 0 Å². The zero-order chi connectivity index (χ0) is 31.8. The van der Waals surface area contributed by atoms with E-state index < -0.39 is 12.0 Å². The predicted octanol–water partition coefficient (Wildman–Crippen LogP) is 6.35. The minimum atomic E-state index is -0.678. The fourth-order valence-electron chi connectivity index (χ4n) is 6.22. The number of carbonyl (C=O) groups is 1. The molecule has 0 saturated heterocycles. The minimum absolute atomic E-state index is 0.205. The molecule has 3 heterocycles. The molecule has 1 aliphatic heterocycles. The molecular weight excluding hydrogens is 595 g/mol. The summed E-state index contributed by atoms with van der Waals surface area (Å²) in [6.45, 7) is 6.95. The maximum atomic E-state index is 14.2. The number of hydrogen-bond donors (Lipinski definition) is 0. The van der Waals surface area contributed by atoms with E-state index in [1.807, 2.05) is 49.4 Å². The lowest BCUT2D eigenvalue weighted by Gasteiger charge is -2.24. The van der Waals surface area contributed by atoms with E-state index in [1.165, 1.54) is 27.7 Å². The molecule has 6 aromatic rings. The largest absolute Gasteiger partial charge is 0.494 e. The van der Waals surface area contributed by atoms with Gasteiger partial charge in [0.25, 0.3) is 5.56 Å². The summed E-state index contributed by atoms with van der Waals surface area (Å²) in [6, 6.07) is 30.0. The van der Waals surface area contributed by atoms with E-state index in [0.29, 0.717) is 33.8 Å². The fourth-order valence-corrected chi connectivity index (χ4v) is 7.25. The number of ether oxygens (including phenoxy) is 2. The van der Waals surface area contributed by atoms with Gasteiger partial charge in [0.2, 0.25) is 0 Å². The van der Waals surface area contributed by atoms with Crippen molar-refractivity contribution in [2.24, 2.45) is 4.99 Å². The van der Waals surface area contributed by atoms with Crippen LogP contribution in [-0.4, -0.2) is 28.3 Å². The van der Waals surface area contributed by atoms with Crippen molar-refractivity contribution in [1.82, 2.24) is 9.13 Å². The number of thiazole rings is 1. The molecule has 1 aliphatic rings. The van der Waals surface area contributed by atoms with E-state index in [9.17, 15) is 9.59 Å². The summed E-state index contributed by atoms with van der Waals surface area (Å²) in [4.78, 5) is 32.8. The van der Waals surface area contributed by atoms with Crippen LogP contribution >= 0.6 is 11.3 Å². The summed E-state index contributed by atoms with van der Waals surface area (Å²) in [5.74, 6) is 0.241. The summed E-state index contributed by atoms with van der Waals surface area (Å²) in [6.07, 6.45) is 4.05. The number of hydrogen-bond acceptors (Lipinski definition) is 6. The predicted molar refractivity (Wildman–Crippen MR) is 183 cm³/mol. The number of aromatic nitrogens is 2. The third kappa shape index (κ3) is 5.35. The number of carbonyl (C=O) groups excluding carboxylic acids is 1. The van der Waals surface area contributed by atoms with Gasteiger partial charge in [-0.05, 0) is 73.0 Å². The van der Waals surface area contributed by atoms with Crippen LogP contribution in [0.5, 0.6) is 5.75 Å². The first kappa shape index (κ1) is 29.5. The first-order chi connectivity index (χ1) is 22.4. The number of allylic oxidation sites excluding steroid dienone is 1. The molecule has 0 N–H and O–H groups in total. The Hall–Kier alpha value is -5.21. The third-order valence-electron chi connectivity index (χ3n) is 8.30. The number of fused-ring (bicyclic) bond motifs is 3. The number of para-hydroxylation sites is 1. The molecule has 0 spiro atoms. The molecule has 0 saturated carbocycles. The lowest BCUT2D eigenvalue weighted by atomic mass is 9.96. The molecule has 7 nitrogen and oxygen atoms in total. The number of benzene rings is 4. The molecule has 0 fully saturated rings. The van der Waals surface area contributed by atoms with Gasteiger partial charge in [0, 0.05) is 29.2 Å². The van der Waals surface area contributed by atoms with Crippen LogP contribution in [0.25, 0.3) is 27.8 Å². The summed E-state index contributed by atoms with van der Waals surface area (Å²) in [7, 11) is 0. The van der Waals surface area contributed by atoms with Crippen LogP contribution in [-0.2, 0) is 16.1 Å². The van der Waals surface area contributed by atoms with Gasteiger partial charge in [-0.25, -0.2) is 9.79 Å². The van der Waals surface area contributed by atoms with Gasteiger partial charge in [-0.1, -0.05) is 78.1 Å². The number of nitrogens with zero attached hydrogens (tertiary/aromatic N) is 3.